The van der Waals surface area contributed by atoms with Gasteiger partial charge >= 0.3 is 18.0 Å². The largest absolute Gasteiger partial charge is 0.495 e. The highest BCUT2D eigenvalue weighted by molar-refractivity contribution is 6.06. The van der Waals surface area contributed by atoms with E-state index in [1.54, 1.807) is 38.3 Å². The minimum Gasteiger partial charge on any atom is -0.495 e. The summed E-state index contributed by atoms with van der Waals surface area (Å²) in [6.45, 7) is 8.54. The van der Waals surface area contributed by atoms with Gasteiger partial charge in [0, 0.05) is 50.0 Å². The summed E-state index contributed by atoms with van der Waals surface area (Å²) in [5.41, 5.74) is 2.81. The number of benzene rings is 2. The van der Waals surface area contributed by atoms with Crippen molar-refractivity contribution in [1.29, 1.82) is 0 Å². The fraction of sp³-hybridized carbons (Fsp3) is 0.438. The number of carboxylic acid groups (broad SMARTS) is 2. The lowest BCUT2D eigenvalue weighted by atomic mass is 9.75. The molecule has 2 unspecified atom stereocenters. The summed E-state index contributed by atoms with van der Waals surface area (Å²) in [5.74, 6) is -3.50. The van der Waals surface area contributed by atoms with Crippen LogP contribution in [-0.4, -0.2) is 85.2 Å². The van der Waals surface area contributed by atoms with Crippen molar-refractivity contribution in [3.05, 3.63) is 65.4 Å². The normalized spacial score (nSPS) is 19.0. The topological polar surface area (TPSA) is 144 Å². The predicted molar refractivity (Wildman–Crippen MR) is 166 cm³/mol. The molecule has 0 spiro atoms. The highest BCUT2D eigenvalue weighted by atomic mass is 16.5. The van der Waals surface area contributed by atoms with Crippen LogP contribution in [0.1, 0.15) is 44.6 Å². The molecule has 0 bridgehead atoms. The van der Waals surface area contributed by atoms with Gasteiger partial charge in [0.1, 0.15) is 11.7 Å². The van der Waals surface area contributed by atoms with Crippen molar-refractivity contribution in [3.63, 3.8) is 0 Å². The molecule has 230 valence electrons. The molecule has 2 aromatic carbocycles. The van der Waals surface area contributed by atoms with E-state index in [2.05, 4.69) is 31.5 Å². The monoisotopic (exact) mass is 591 g/mol. The number of nitrogens with zero attached hydrogens (tertiary/aromatic N) is 3. The zero-order valence-corrected chi connectivity index (χ0v) is 25.0. The van der Waals surface area contributed by atoms with E-state index in [-0.39, 0.29) is 11.6 Å². The fourth-order valence-corrected chi connectivity index (χ4v) is 5.89. The Bertz CT molecular complexity index is 1380. The number of methoxy groups -OCH3 is 1. The first-order valence-corrected chi connectivity index (χ1v) is 14.7. The van der Waals surface area contributed by atoms with Crippen LogP contribution in [0, 0.1) is 5.92 Å². The Balaban J connectivity index is 1.31. The standard InChI is InChI=1S/C32H41N5O6/c1-4-9-24-29(31(40)41)28(27(30(38)39)21(2)34-24)22-10-7-11-23(20-22)35-32(42)33-14-8-15-36-16-18-37(19-17-36)25-12-5-6-13-26(25)43-3/h5-7,10-13,20,27-28H,4,8-9,14-19H2,1-3H3,(H,38,39)(H,40,41)(H2,33,35,42). The number of allylic oxidation sites excluding steroid dienone is 1. The minimum absolute atomic E-state index is 0.00908. The number of hydrogen-bond acceptors (Lipinski definition) is 7. The maximum Gasteiger partial charge on any atom is 0.334 e. The first-order valence-electron chi connectivity index (χ1n) is 14.7. The van der Waals surface area contributed by atoms with Gasteiger partial charge in [-0.05, 0) is 56.1 Å². The smallest absolute Gasteiger partial charge is 0.334 e. The van der Waals surface area contributed by atoms with Crippen LogP contribution in [0.2, 0.25) is 0 Å². The fourth-order valence-electron chi connectivity index (χ4n) is 5.89. The number of carbonyl (C=O) groups excluding carboxylic acids is 1. The summed E-state index contributed by atoms with van der Waals surface area (Å²) in [5, 5.41) is 25.7. The van der Waals surface area contributed by atoms with Crippen LogP contribution in [-0.2, 0) is 9.59 Å². The van der Waals surface area contributed by atoms with E-state index in [4.69, 9.17) is 4.74 Å². The second-order valence-electron chi connectivity index (χ2n) is 10.8. The lowest BCUT2D eigenvalue weighted by molar-refractivity contribution is -0.140. The van der Waals surface area contributed by atoms with Crippen LogP contribution in [0.3, 0.4) is 0 Å². The van der Waals surface area contributed by atoms with Gasteiger partial charge in [0.05, 0.1) is 24.1 Å². The lowest BCUT2D eigenvalue weighted by Crippen LogP contribution is -2.47. The maximum absolute atomic E-state index is 12.7. The average molecular weight is 592 g/mol. The molecule has 1 saturated heterocycles. The van der Waals surface area contributed by atoms with Crippen LogP contribution >= 0.6 is 0 Å². The Morgan fingerprint density at radius 1 is 1.05 bits per heavy atom. The molecule has 11 nitrogen and oxygen atoms in total. The van der Waals surface area contributed by atoms with E-state index in [0.29, 0.717) is 42.0 Å². The number of urea groups is 1. The first kappa shape index (κ1) is 31.6. The van der Waals surface area contributed by atoms with Gasteiger partial charge in [0.15, 0.2) is 0 Å². The van der Waals surface area contributed by atoms with Crippen molar-refractivity contribution < 1.29 is 29.3 Å². The number of nitrogens with one attached hydrogen (secondary N) is 2. The van der Waals surface area contributed by atoms with Gasteiger partial charge < -0.3 is 30.5 Å². The molecular formula is C32H41N5O6. The Hall–Kier alpha value is -4.38. The lowest BCUT2D eigenvalue weighted by Gasteiger charge is -2.36. The Labute approximate surface area is 252 Å². The second-order valence-corrected chi connectivity index (χ2v) is 10.8. The summed E-state index contributed by atoms with van der Waals surface area (Å²) in [6, 6.07) is 14.4. The molecule has 2 aliphatic rings. The molecule has 2 heterocycles. The van der Waals surface area contributed by atoms with Crippen LogP contribution in [0.15, 0.2) is 64.8 Å². The van der Waals surface area contributed by atoms with Crippen molar-refractivity contribution in [3.8, 4) is 5.75 Å². The van der Waals surface area contributed by atoms with Crippen molar-refractivity contribution in [2.45, 2.75) is 39.0 Å². The van der Waals surface area contributed by atoms with Crippen molar-refractivity contribution in [1.82, 2.24) is 10.2 Å². The molecule has 2 aromatic rings. The molecule has 2 atom stereocenters. The van der Waals surface area contributed by atoms with Crippen molar-refractivity contribution >= 4 is 35.1 Å². The summed E-state index contributed by atoms with van der Waals surface area (Å²) < 4.78 is 5.50. The van der Waals surface area contributed by atoms with Gasteiger partial charge in [-0.2, -0.15) is 0 Å². The highest BCUT2D eigenvalue weighted by Crippen LogP contribution is 2.41. The third-order valence-corrected chi connectivity index (χ3v) is 7.94. The van der Waals surface area contributed by atoms with E-state index in [1.165, 1.54) is 0 Å². The summed E-state index contributed by atoms with van der Waals surface area (Å²) in [7, 11) is 1.69. The SMILES string of the molecule is CCCC1=C(C(=O)O)C(c2cccc(NC(=O)NCCCN3CCN(c4ccccc4OC)CC3)c2)C(C(=O)O)C(C)=N1. The van der Waals surface area contributed by atoms with E-state index in [0.717, 1.165) is 50.6 Å². The van der Waals surface area contributed by atoms with Crippen LogP contribution < -0.4 is 20.3 Å². The number of hydrogen-bond donors (Lipinski definition) is 4. The summed E-state index contributed by atoms with van der Waals surface area (Å²) in [4.78, 5) is 46.3. The highest BCUT2D eigenvalue weighted by Gasteiger charge is 2.41. The quantitative estimate of drug-likeness (QED) is 0.266. The number of carboxylic acids is 2. The van der Waals surface area contributed by atoms with Gasteiger partial charge in [-0.1, -0.05) is 37.6 Å². The number of para-hydroxylation sites is 2. The van der Waals surface area contributed by atoms with E-state index in [9.17, 15) is 24.6 Å². The molecule has 0 saturated carbocycles. The van der Waals surface area contributed by atoms with Gasteiger partial charge in [-0.25, -0.2) is 9.59 Å². The molecule has 2 amide bonds. The van der Waals surface area contributed by atoms with Crippen LogP contribution in [0.25, 0.3) is 0 Å². The Kier molecular flexibility index (Phi) is 10.8. The number of rotatable bonds is 12. The van der Waals surface area contributed by atoms with E-state index >= 15 is 0 Å². The van der Waals surface area contributed by atoms with Gasteiger partial charge in [0.25, 0.3) is 0 Å². The third kappa shape index (κ3) is 7.72. The second kappa shape index (κ2) is 14.7. The van der Waals surface area contributed by atoms with Crippen molar-refractivity contribution in [2.75, 3.05) is 56.6 Å². The molecule has 11 heteroatoms. The molecule has 4 N–H and O–H groups in total. The number of piperazine rings is 1. The number of carbonyl (C=O) groups is 3. The number of amides is 2. The zero-order valence-electron chi connectivity index (χ0n) is 25.0. The molecule has 1 fully saturated rings. The molecular weight excluding hydrogens is 550 g/mol. The van der Waals surface area contributed by atoms with Gasteiger partial charge in [-0.3, -0.25) is 14.7 Å². The number of anilines is 2. The van der Waals surface area contributed by atoms with Crippen molar-refractivity contribution in [2.24, 2.45) is 10.9 Å². The van der Waals surface area contributed by atoms with E-state index < -0.39 is 23.8 Å². The van der Waals surface area contributed by atoms with Crippen LogP contribution in [0.5, 0.6) is 5.75 Å². The molecule has 2 aliphatic heterocycles. The summed E-state index contributed by atoms with van der Waals surface area (Å²) in [6.07, 6.45) is 1.89. The van der Waals surface area contributed by atoms with Gasteiger partial charge in [-0.15, -0.1) is 0 Å². The average Bonchev–Trinajstić information content (AvgIpc) is 2.99. The van der Waals surface area contributed by atoms with Gasteiger partial charge in [0.2, 0.25) is 0 Å². The molecule has 0 aromatic heterocycles. The molecule has 4 rings (SSSR count). The Morgan fingerprint density at radius 3 is 2.47 bits per heavy atom. The number of aliphatic carboxylic acids is 2. The minimum atomic E-state index is -1.19. The predicted octanol–water partition coefficient (Wildman–Crippen LogP) is 4.43. The van der Waals surface area contributed by atoms with Crippen LogP contribution in [0.4, 0.5) is 16.2 Å². The zero-order chi connectivity index (χ0) is 30.9. The summed E-state index contributed by atoms with van der Waals surface area (Å²) >= 11 is 0. The molecule has 0 aliphatic carbocycles. The number of aliphatic imine (C=N–C) groups is 1. The molecule has 0 radical (unpaired) electrons. The first-order chi connectivity index (χ1) is 20.7. The maximum atomic E-state index is 12.7. The number of ether oxygens (including phenoxy) is 1. The Morgan fingerprint density at radius 2 is 1.79 bits per heavy atom. The van der Waals surface area contributed by atoms with E-state index in [1.807, 2.05) is 25.1 Å². The third-order valence-electron chi connectivity index (χ3n) is 7.94. The molecule has 43 heavy (non-hydrogen) atoms.